The largest absolute Gasteiger partial charge is 0.454 e. The molecule has 0 aliphatic carbocycles. The van der Waals surface area contributed by atoms with Gasteiger partial charge in [0.2, 0.25) is 0 Å². The minimum absolute atomic E-state index is 0.154. The van der Waals surface area contributed by atoms with E-state index in [0.29, 0.717) is 12.1 Å². The number of ether oxygens (including phenoxy) is 1. The first kappa shape index (κ1) is 17.3. The van der Waals surface area contributed by atoms with Crippen LogP contribution >= 0.6 is 11.8 Å². The molecule has 0 aliphatic rings. The summed E-state index contributed by atoms with van der Waals surface area (Å²) >= 11 is 1.60. The number of nitrogens with zero attached hydrogens (tertiary/aromatic N) is 2. The van der Waals surface area contributed by atoms with Crippen molar-refractivity contribution in [3.05, 3.63) is 83.4 Å². The molecule has 0 bridgehead atoms. The lowest BCUT2D eigenvalue weighted by Crippen LogP contribution is -2.11. The van der Waals surface area contributed by atoms with Crippen LogP contribution in [0.1, 0.15) is 27.3 Å². The summed E-state index contributed by atoms with van der Waals surface area (Å²) in [6.07, 6.45) is 5.61. The second-order valence-corrected chi connectivity index (χ2v) is 6.59. The first-order valence-electron chi connectivity index (χ1n) is 8.03. The van der Waals surface area contributed by atoms with Crippen molar-refractivity contribution in [2.45, 2.75) is 25.0 Å². The fourth-order valence-corrected chi connectivity index (χ4v) is 3.00. The van der Waals surface area contributed by atoms with Crippen LogP contribution < -0.4 is 0 Å². The van der Waals surface area contributed by atoms with Crippen LogP contribution in [0.3, 0.4) is 0 Å². The van der Waals surface area contributed by atoms with Gasteiger partial charge in [-0.2, -0.15) is 0 Å². The lowest BCUT2D eigenvalue weighted by Gasteiger charge is -2.10. The molecular formula is C20H20N2O2S. The molecule has 0 saturated carbocycles. The van der Waals surface area contributed by atoms with Crippen molar-refractivity contribution >= 4 is 17.7 Å². The Kier molecular flexibility index (Phi) is 5.56. The Morgan fingerprint density at radius 3 is 2.76 bits per heavy atom. The zero-order valence-electron chi connectivity index (χ0n) is 14.3. The number of carbonyl (C=O) groups is 1. The first-order valence-corrected chi connectivity index (χ1v) is 9.25. The van der Waals surface area contributed by atoms with Crippen molar-refractivity contribution in [1.82, 2.24) is 9.55 Å². The van der Waals surface area contributed by atoms with E-state index >= 15 is 0 Å². The second kappa shape index (κ2) is 8.03. The first-order chi connectivity index (χ1) is 12.2. The van der Waals surface area contributed by atoms with Crippen molar-refractivity contribution in [3.8, 4) is 0 Å². The van der Waals surface area contributed by atoms with E-state index in [0.717, 1.165) is 16.3 Å². The van der Waals surface area contributed by atoms with Gasteiger partial charge in [0.15, 0.2) is 0 Å². The van der Waals surface area contributed by atoms with E-state index in [9.17, 15) is 4.79 Å². The maximum atomic E-state index is 12.4. The highest BCUT2D eigenvalue weighted by Crippen LogP contribution is 2.20. The summed E-state index contributed by atoms with van der Waals surface area (Å²) in [5.74, 6) is 0.415. The van der Waals surface area contributed by atoms with Gasteiger partial charge >= 0.3 is 5.97 Å². The van der Waals surface area contributed by atoms with Crippen molar-refractivity contribution in [2.75, 3.05) is 6.26 Å². The van der Waals surface area contributed by atoms with Crippen molar-refractivity contribution < 1.29 is 9.53 Å². The van der Waals surface area contributed by atoms with Crippen LogP contribution in [0.4, 0.5) is 0 Å². The van der Waals surface area contributed by atoms with Crippen molar-refractivity contribution in [3.63, 3.8) is 0 Å². The van der Waals surface area contributed by atoms with Crippen LogP contribution in [0.5, 0.6) is 0 Å². The van der Waals surface area contributed by atoms with Gasteiger partial charge in [0.25, 0.3) is 0 Å². The number of esters is 1. The summed E-state index contributed by atoms with van der Waals surface area (Å²) in [5, 5.41) is 0. The molecule has 3 rings (SSSR count). The van der Waals surface area contributed by atoms with Gasteiger partial charge in [-0.1, -0.05) is 36.4 Å². The number of thioether (sulfide) groups is 1. The van der Waals surface area contributed by atoms with E-state index in [4.69, 9.17) is 4.74 Å². The molecule has 0 aliphatic heterocycles. The maximum Gasteiger partial charge on any atom is 0.338 e. The van der Waals surface area contributed by atoms with Gasteiger partial charge in [-0.05, 0) is 36.4 Å². The molecule has 0 unspecified atom stereocenters. The molecule has 0 fully saturated rings. The Bertz CT molecular complexity index is 859. The number of hydrogen-bond acceptors (Lipinski definition) is 4. The zero-order chi connectivity index (χ0) is 17.6. The summed E-state index contributed by atoms with van der Waals surface area (Å²) < 4.78 is 7.49. The summed E-state index contributed by atoms with van der Waals surface area (Å²) in [6, 6.07) is 16.0. The summed E-state index contributed by atoms with van der Waals surface area (Å²) in [6.45, 7) is 2.77. The van der Waals surface area contributed by atoms with Crippen LogP contribution in [0.25, 0.3) is 0 Å². The minimum Gasteiger partial charge on any atom is -0.454 e. The van der Waals surface area contributed by atoms with Crippen LogP contribution in [0, 0.1) is 6.92 Å². The standard InChI is InChI=1S/C20H20N2O2S/c1-15-8-9-17(25-2)12-18(15)20(23)24-14-19-21-10-11-22(19)13-16-6-4-3-5-7-16/h3-12H,13-14H2,1-2H3. The van der Waals surface area contributed by atoms with Crippen LogP contribution in [0.2, 0.25) is 0 Å². The molecule has 1 aromatic heterocycles. The smallest absolute Gasteiger partial charge is 0.338 e. The normalized spacial score (nSPS) is 10.6. The number of hydrogen-bond donors (Lipinski definition) is 0. The molecule has 0 N–H and O–H groups in total. The molecule has 1 heterocycles. The van der Waals surface area contributed by atoms with Gasteiger partial charge in [0.05, 0.1) is 5.56 Å². The lowest BCUT2D eigenvalue weighted by molar-refractivity contribution is 0.0457. The summed E-state index contributed by atoms with van der Waals surface area (Å²) in [7, 11) is 0. The molecule has 128 valence electrons. The highest BCUT2D eigenvalue weighted by molar-refractivity contribution is 7.98. The topological polar surface area (TPSA) is 44.1 Å². The molecule has 5 heteroatoms. The van der Waals surface area contributed by atoms with Crippen LogP contribution in [-0.4, -0.2) is 21.8 Å². The van der Waals surface area contributed by atoms with Crippen molar-refractivity contribution in [1.29, 1.82) is 0 Å². The molecule has 25 heavy (non-hydrogen) atoms. The fourth-order valence-electron chi connectivity index (χ4n) is 2.56. The van der Waals surface area contributed by atoms with E-state index in [2.05, 4.69) is 17.1 Å². The average Bonchev–Trinajstić information content (AvgIpc) is 3.08. The summed E-state index contributed by atoms with van der Waals surface area (Å²) in [4.78, 5) is 17.8. The Morgan fingerprint density at radius 1 is 1.20 bits per heavy atom. The van der Waals surface area contributed by atoms with Gasteiger partial charge in [-0.3, -0.25) is 0 Å². The third-order valence-electron chi connectivity index (χ3n) is 3.99. The Hall–Kier alpha value is -2.53. The van der Waals surface area contributed by atoms with Gasteiger partial charge in [-0.15, -0.1) is 11.8 Å². The molecule has 0 saturated heterocycles. The van der Waals surface area contributed by atoms with Crippen LogP contribution in [-0.2, 0) is 17.9 Å². The second-order valence-electron chi connectivity index (χ2n) is 5.71. The quantitative estimate of drug-likeness (QED) is 0.489. The third kappa shape index (κ3) is 4.31. The monoisotopic (exact) mass is 352 g/mol. The van der Waals surface area contributed by atoms with Crippen molar-refractivity contribution in [2.24, 2.45) is 0 Å². The molecule has 0 spiro atoms. The highest BCUT2D eigenvalue weighted by Gasteiger charge is 2.13. The van der Waals surface area contributed by atoms with E-state index < -0.39 is 0 Å². The number of aromatic nitrogens is 2. The Morgan fingerprint density at radius 2 is 2.00 bits per heavy atom. The number of rotatable bonds is 6. The Balaban J connectivity index is 1.68. The van der Waals surface area contributed by atoms with Gasteiger partial charge in [0, 0.05) is 23.8 Å². The maximum absolute atomic E-state index is 12.4. The van der Waals surface area contributed by atoms with Gasteiger partial charge < -0.3 is 9.30 Å². The zero-order valence-corrected chi connectivity index (χ0v) is 15.1. The van der Waals surface area contributed by atoms with E-state index in [1.807, 2.05) is 60.3 Å². The molecule has 4 nitrogen and oxygen atoms in total. The SMILES string of the molecule is CSc1ccc(C)c(C(=O)OCc2nccn2Cc2ccccc2)c1. The molecule has 2 aromatic carbocycles. The fraction of sp³-hybridized carbons (Fsp3) is 0.200. The number of carbonyl (C=O) groups excluding carboxylic acids is 1. The highest BCUT2D eigenvalue weighted by atomic mass is 32.2. The van der Waals surface area contributed by atoms with E-state index in [-0.39, 0.29) is 12.6 Å². The minimum atomic E-state index is -0.317. The predicted molar refractivity (Wildman–Crippen MR) is 99.9 cm³/mol. The summed E-state index contributed by atoms with van der Waals surface area (Å²) in [5.41, 5.74) is 2.69. The number of benzene rings is 2. The molecule has 0 atom stereocenters. The number of imidazole rings is 1. The van der Waals surface area contributed by atoms with Gasteiger partial charge in [-0.25, -0.2) is 9.78 Å². The van der Waals surface area contributed by atoms with E-state index in [1.54, 1.807) is 18.0 Å². The average molecular weight is 352 g/mol. The molecule has 0 radical (unpaired) electrons. The molecule has 0 amide bonds. The third-order valence-corrected chi connectivity index (χ3v) is 4.72. The molecular weight excluding hydrogens is 332 g/mol. The van der Waals surface area contributed by atoms with Gasteiger partial charge in [0.1, 0.15) is 12.4 Å². The lowest BCUT2D eigenvalue weighted by atomic mass is 10.1. The number of aryl methyl sites for hydroxylation is 1. The predicted octanol–water partition coefficient (Wildman–Crippen LogP) is 4.32. The molecule has 3 aromatic rings. The van der Waals surface area contributed by atoms with E-state index in [1.165, 1.54) is 5.56 Å². The van der Waals surface area contributed by atoms with Crippen LogP contribution in [0.15, 0.2) is 65.8 Å². The Labute approximate surface area is 151 Å².